The van der Waals surface area contributed by atoms with Crippen LogP contribution in [0.4, 0.5) is 0 Å². The predicted octanol–water partition coefficient (Wildman–Crippen LogP) is 9.12. The van der Waals surface area contributed by atoms with E-state index in [1.807, 2.05) is 72.8 Å². The van der Waals surface area contributed by atoms with Crippen molar-refractivity contribution in [3.8, 4) is 58.4 Å². The third-order valence-corrected chi connectivity index (χ3v) is 8.50. The van der Waals surface area contributed by atoms with Crippen molar-refractivity contribution >= 4 is 0 Å². The lowest BCUT2D eigenvalue weighted by Crippen LogP contribution is -2.28. The molecule has 1 aliphatic carbocycles. The molecular formula is C41H22N4O2. The molecule has 0 atom stereocenters. The van der Waals surface area contributed by atoms with Crippen LogP contribution in [0.3, 0.4) is 0 Å². The van der Waals surface area contributed by atoms with Gasteiger partial charge in [0.25, 0.3) is 0 Å². The van der Waals surface area contributed by atoms with Gasteiger partial charge < -0.3 is 9.47 Å². The second-order valence-corrected chi connectivity index (χ2v) is 10.9. The van der Waals surface area contributed by atoms with Crippen LogP contribution in [0.1, 0.15) is 44.5 Å². The summed E-state index contributed by atoms with van der Waals surface area (Å²) in [7, 11) is 0. The Morgan fingerprint density at radius 1 is 0.404 bits per heavy atom. The normalized spacial score (nSPS) is 11.9. The first-order valence-corrected chi connectivity index (χ1v) is 14.7. The molecule has 6 nitrogen and oxygen atoms in total. The van der Waals surface area contributed by atoms with Crippen molar-refractivity contribution in [3.63, 3.8) is 0 Å². The zero-order valence-corrected chi connectivity index (χ0v) is 24.8. The molecule has 6 aromatic carbocycles. The van der Waals surface area contributed by atoms with Crippen LogP contribution in [-0.4, -0.2) is 0 Å². The van der Waals surface area contributed by atoms with Crippen LogP contribution in [-0.2, 0) is 5.41 Å². The molecule has 0 N–H and O–H groups in total. The fourth-order valence-corrected chi connectivity index (χ4v) is 6.47. The summed E-state index contributed by atoms with van der Waals surface area (Å²) in [4.78, 5) is 0. The molecule has 7 rings (SSSR count). The topological polar surface area (TPSA) is 114 Å². The first kappa shape index (κ1) is 28.6. The van der Waals surface area contributed by atoms with E-state index in [-0.39, 0.29) is 22.3 Å². The molecule has 0 spiro atoms. The summed E-state index contributed by atoms with van der Waals surface area (Å²) in [6, 6.07) is 50.6. The van der Waals surface area contributed by atoms with Crippen LogP contribution < -0.4 is 9.47 Å². The van der Waals surface area contributed by atoms with Gasteiger partial charge >= 0.3 is 0 Å². The Balaban J connectivity index is 1.34. The summed E-state index contributed by atoms with van der Waals surface area (Å²) in [5.74, 6) is 1.71. The van der Waals surface area contributed by atoms with E-state index < -0.39 is 5.41 Å². The number of hydrogen-bond donors (Lipinski definition) is 0. The van der Waals surface area contributed by atoms with Gasteiger partial charge in [0.2, 0.25) is 0 Å². The molecular weight excluding hydrogens is 580 g/mol. The van der Waals surface area contributed by atoms with E-state index in [9.17, 15) is 21.0 Å². The van der Waals surface area contributed by atoms with Gasteiger partial charge in [-0.2, -0.15) is 21.0 Å². The van der Waals surface area contributed by atoms with Crippen molar-refractivity contribution in [2.45, 2.75) is 5.41 Å². The van der Waals surface area contributed by atoms with Gasteiger partial charge in [0, 0.05) is 0 Å². The molecule has 0 saturated heterocycles. The number of ether oxygens (including phenoxy) is 2. The van der Waals surface area contributed by atoms with Gasteiger partial charge in [-0.1, -0.05) is 84.9 Å². The van der Waals surface area contributed by atoms with E-state index in [4.69, 9.17) is 9.47 Å². The fraction of sp³-hybridized carbons (Fsp3) is 0.0244. The van der Waals surface area contributed by atoms with Gasteiger partial charge in [-0.15, -0.1) is 0 Å². The Bertz CT molecular complexity index is 2180. The molecule has 0 aromatic heterocycles. The van der Waals surface area contributed by atoms with Crippen molar-refractivity contribution in [1.29, 1.82) is 21.0 Å². The molecule has 0 aliphatic heterocycles. The lowest BCUT2D eigenvalue weighted by Gasteiger charge is -2.34. The maximum atomic E-state index is 9.68. The van der Waals surface area contributed by atoms with Crippen LogP contribution in [0.15, 0.2) is 133 Å². The monoisotopic (exact) mass is 602 g/mol. The molecule has 6 heteroatoms. The number of nitriles is 4. The van der Waals surface area contributed by atoms with Crippen LogP contribution >= 0.6 is 0 Å². The van der Waals surface area contributed by atoms with Crippen molar-refractivity contribution in [1.82, 2.24) is 0 Å². The molecule has 0 saturated carbocycles. The van der Waals surface area contributed by atoms with Gasteiger partial charge in [0.15, 0.2) is 0 Å². The summed E-state index contributed by atoms with van der Waals surface area (Å²) in [5, 5.41) is 38.2. The lowest BCUT2D eigenvalue weighted by molar-refractivity contribution is 0.480. The Hall–Kier alpha value is -7.12. The molecule has 6 aromatic rings. The van der Waals surface area contributed by atoms with Gasteiger partial charge in [0.1, 0.15) is 58.4 Å². The lowest BCUT2D eigenvalue weighted by atomic mass is 9.68. The Kier molecular flexibility index (Phi) is 7.17. The minimum absolute atomic E-state index is 0.192. The third kappa shape index (κ3) is 4.63. The fourth-order valence-electron chi connectivity index (χ4n) is 6.47. The zero-order chi connectivity index (χ0) is 32.4. The van der Waals surface area contributed by atoms with Crippen molar-refractivity contribution in [2.75, 3.05) is 0 Å². The highest BCUT2D eigenvalue weighted by Gasteiger charge is 2.45. The first-order valence-electron chi connectivity index (χ1n) is 14.7. The Labute approximate surface area is 271 Å². The number of hydrogen-bond acceptors (Lipinski definition) is 6. The second kappa shape index (κ2) is 11.8. The number of rotatable bonds is 6. The van der Waals surface area contributed by atoms with Crippen LogP contribution in [0.25, 0.3) is 11.1 Å². The molecule has 218 valence electrons. The Morgan fingerprint density at radius 2 is 0.809 bits per heavy atom. The summed E-state index contributed by atoms with van der Waals surface area (Å²) in [6.07, 6.45) is 0. The summed E-state index contributed by atoms with van der Waals surface area (Å²) >= 11 is 0. The average molecular weight is 603 g/mol. The molecule has 1 aliphatic rings. The van der Waals surface area contributed by atoms with E-state index in [0.29, 0.717) is 23.0 Å². The van der Waals surface area contributed by atoms with Gasteiger partial charge in [-0.3, -0.25) is 0 Å². The van der Waals surface area contributed by atoms with E-state index in [0.717, 1.165) is 33.4 Å². The molecule has 0 radical (unpaired) electrons. The maximum absolute atomic E-state index is 9.68. The van der Waals surface area contributed by atoms with Gasteiger partial charge in [0.05, 0.1) is 16.5 Å². The maximum Gasteiger partial charge on any atom is 0.146 e. The smallest absolute Gasteiger partial charge is 0.146 e. The minimum atomic E-state index is -0.679. The minimum Gasteiger partial charge on any atom is -0.456 e. The van der Waals surface area contributed by atoms with Gasteiger partial charge in [-0.25, -0.2) is 0 Å². The standard InChI is InChI=1S/C41H22N4O2/c42-23-27-7-5-13-39(35(27)25-44)46-31-19-15-29(16-20-31)41(37-11-3-1-9-33(37)34-10-2-4-12-38(34)41)30-17-21-32(22-18-30)47-40-14-6-8-28(24-43)36(40)26-45/h1-22H. The van der Waals surface area contributed by atoms with Crippen molar-refractivity contribution < 1.29 is 9.47 Å². The SMILES string of the molecule is N#Cc1cccc(Oc2ccc(C3(c4ccc(Oc5cccc(C#N)c5C#N)cc4)c4ccccc4-c4ccccc43)cc2)c1C#N. The van der Waals surface area contributed by atoms with Crippen molar-refractivity contribution in [2.24, 2.45) is 0 Å². The largest absolute Gasteiger partial charge is 0.456 e. The zero-order valence-electron chi connectivity index (χ0n) is 24.8. The highest BCUT2D eigenvalue weighted by atomic mass is 16.5. The Morgan fingerprint density at radius 3 is 1.19 bits per heavy atom. The number of fused-ring (bicyclic) bond motifs is 3. The molecule has 0 amide bonds. The third-order valence-electron chi connectivity index (χ3n) is 8.50. The molecule has 47 heavy (non-hydrogen) atoms. The van der Waals surface area contributed by atoms with Gasteiger partial charge in [-0.05, 0) is 81.9 Å². The molecule has 0 heterocycles. The van der Waals surface area contributed by atoms with E-state index in [1.54, 1.807) is 36.4 Å². The van der Waals surface area contributed by atoms with E-state index >= 15 is 0 Å². The quantitative estimate of drug-likeness (QED) is 0.188. The van der Waals surface area contributed by atoms with Crippen LogP contribution in [0.5, 0.6) is 23.0 Å². The van der Waals surface area contributed by atoms with Crippen LogP contribution in [0.2, 0.25) is 0 Å². The number of benzene rings is 6. The summed E-state index contributed by atoms with van der Waals surface area (Å²) in [5.41, 5.74) is 6.78. The first-order chi connectivity index (χ1) is 23.1. The van der Waals surface area contributed by atoms with Crippen molar-refractivity contribution in [3.05, 3.63) is 178 Å². The predicted molar refractivity (Wildman–Crippen MR) is 176 cm³/mol. The molecule has 0 unspecified atom stereocenters. The van der Waals surface area contributed by atoms with E-state index in [2.05, 4.69) is 48.5 Å². The molecule has 0 fully saturated rings. The summed E-state index contributed by atoms with van der Waals surface area (Å²) in [6.45, 7) is 0. The highest BCUT2D eigenvalue weighted by molar-refractivity contribution is 5.86. The summed E-state index contributed by atoms with van der Waals surface area (Å²) < 4.78 is 12.2. The second-order valence-electron chi connectivity index (χ2n) is 10.9. The average Bonchev–Trinajstić information content (AvgIpc) is 3.43. The van der Waals surface area contributed by atoms with Crippen LogP contribution in [0, 0.1) is 45.3 Å². The van der Waals surface area contributed by atoms with E-state index in [1.165, 1.54) is 0 Å². The highest BCUT2D eigenvalue weighted by Crippen LogP contribution is 2.56. The number of nitrogens with zero attached hydrogens (tertiary/aromatic N) is 4. The molecule has 0 bridgehead atoms.